The first-order chi connectivity index (χ1) is 16.1. The van der Waals surface area contributed by atoms with Gasteiger partial charge in [0, 0.05) is 56.1 Å². The van der Waals surface area contributed by atoms with E-state index in [2.05, 4.69) is 80.0 Å². The third kappa shape index (κ3) is 3.97. The average molecular weight is 440 g/mol. The molecule has 7 heteroatoms. The minimum absolute atomic E-state index is 0.477. The lowest BCUT2D eigenvalue weighted by Crippen LogP contribution is -2.25. The minimum Gasteiger partial charge on any atom is -0.366 e. The molecule has 4 heterocycles. The van der Waals surface area contributed by atoms with E-state index in [1.54, 1.807) is 0 Å². The highest BCUT2D eigenvalue weighted by Gasteiger charge is 2.40. The topological polar surface area (TPSA) is 71.8 Å². The lowest BCUT2D eigenvalue weighted by Gasteiger charge is -2.19. The van der Waals surface area contributed by atoms with Gasteiger partial charge in [-0.2, -0.15) is 5.10 Å². The second kappa shape index (κ2) is 8.23. The van der Waals surface area contributed by atoms with Gasteiger partial charge in [-0.3, -0.25) is 14.6 Å². The molecule has 168 valence electrons. The maximum atomic E-state index is 4.54. The van der Waals surface area contributed by atoms with E-state index in [4.69, 9.17) is 0 Å². The van der Waals surface area contributed by atoms with Crippen molar-refractivity contribution in [3.8, 4) is 11.3 Å². The van der Waals surface area contributed by atoms with Crippen molar-refractivity contribution in [3.05, 3.63) is 66.1 Å². The number of nitrogens with one attached hydrogen (secondary N) is 1. The van der Waals surface area contributed by atoms with Gasteiger partial charge < -0.3 is 5.32 Å². The molecule has 0 amide bonds. The van der Waals surface area contributed by atoms with Crippen molar-refractivity contribution in [3.63, 3.8) is 0 Å². The zero-order valence-electron chi connectivity index (χ0n) is 19.1. The SMILES string of the molecule is Cc1c(-c2ccc(NC3CC4CN(Cc5ccccn5)C[C@H]4C3)nn2)ccc2nn(C)cc12. The summed E-state index contributed by atoms with van der Waals surface area (Å²) in [7, 11) is 1.95. The summed E-state index contributed by atoms with van der Waals surface area (Å²) in [5.74, 6) is 2.38. The number of aryl methyl sites for hydroxylation is 2. The molecule has 7 nitrogen and oxygen atoms in total. The number of fused-ring (bicyclic) bond motifs is 2. The fourth-order valence-corrected chi connectivity index (χ4v) is 5.75. The minimum atomic E-state index is 0.477. The van der Waals surface area contributed by atoms with E-state index in [0.717, 1.165) is 46.4 Å². The van der Waals surface area contributed by atoms with Crippen molar-refractivity contribution < 1.29 is 0 Å². The van der Waals surface area contributed by atoms with E-state index in [-0.39, 0.29) is 0 Å². The van der Waals surface area contributed by atoms with Crippen LogP contribution in [0.4, 0.5) is 5.82 Å². The molecular formula is C26H29N7. The smallest absolute Gasteiger partial charge is 0.148 e. The van der Waals surface area contributed by atoms with Gasteiger partial charge in [-0.25, -0.2) is 0 Å². The third-order valence-corrected chi connectivity index (χ3v) is 7.30. The van der Waals surface area contributed by atoms with Crippen molar-refractivity contribution in [1.29, 1.82) is 0 Å². The molecule has 2 aliphatic rings. The highest BCUT2D eigenvalue weighted by atomic mass is 15.2. The van der Waals surface area contributed by atoms with Crippen LogP contribution in [0.15, 0.2) is 54.9 Å². The predicted molar refractivity (Wildman–Crippen MR) is 130 cm³/mol. The van der Waals surface area contributed by atoms with Crippen molar-refractivity contribution >= 4 is 16.7 Å². The Morgan fingerprint density at radius 2 is 1.85 bits per heavy atom. The molecule has 4 aromatic rings. The van der Waals surface area contributed by atoms with Crippen LogP contribution in [-0.4, -0.2) is 49.0 Å². The second-order valence-electron chi connectivity index (χ2n) is 9.63. The number of aromatic nitrogens is 5. The van der Waals surface area contributed by atoms with Gasteiger partial charge in [0.05, 0.1) is 16.9 Å². The molecule has 0 bridgehead atoms. The van der Waals surface area contributed by atoms with Gasteiger partial charge in [0.2, 0.25) is 0 Å². The Balaban J connectivity index is 1.08. The number of anilines is 1. The summed E-state index contributed by atoms with van der Waals surface area (Å²) in [5, 5.41) is 18.3. The molecular weight excluding hydrogens is 410 g/mol. The maximum Gasteiger partial charge on any atom is 0.148 e. The Morgan fingerprint density at radius 3 is 2.58 bits per heavy atom. The van der Waals surface area contributed by atoms with Crippen LogP contribution in [0.5, 0.6) is 0 Å². The fraction of sp³-hybridized carbons (Fsp3) is 0.385. The average Bonchev–Trinajstić information content (AvgIpc) is 3.48. The van der Waals surface area contributed by atoms with E-state index in [0.29, 0.717) is 6.04 Å². The van der Waals surface area contributed by atoms with Gasteiger partial charge in [-0.1, -0.05) is 12.1 Å². The largest absolute Gasteiger partial charge is 0.366 e. The van der Waals surface area contributed by atoms with Crippen LogP contribution >= 0.6 is 0 Å². The Kier molecular flexibility index (Phi) is 5.06. The number of benzene rings is 1. The first kappa shape index (κ1) is 20.3. The summed E-state index contributed by atoms with van der Waals surface area (Å²) < 4.78 is 1.86. The van der Waals surface area contributed by atoms with Crippen LogP contribution in [0.25, 0.3) is 22.2 Å². The van der Waals surface area contributed by atoms with Crippen molar-refractivity contribution in [2.24, 2.45) is 18.9 Å². The maximum absolute atomic E-state index is 4.54. The zero-order chi connectivity index (χ0) is 22.4. The molecule has 2 fully saturated rings. The third-order valence-electron chi connectivity index (χ3n) is 7.30. The van der Waals surface area contributed by atoms with Gasteiger partial charge in [-0.15, -0.1) is 10.2 Å². The van der Waals surface area contributed by atoms with Crippen LogP contribution in [0.1, 0.15) is 24.1 Å². The molecule has 6 rings (SSSR count). The standard InChI is InChI=1S/C26H29N7/c1-17-22(6-7-25-23(17)16-32(2)31-25)24-8-9-26(30-29-24)28-21-11-18-13-33(14-19(18)12-21)15-20-5-3-4-10-27-20/h3-10,16,18-19,21H,11-15H2,1-2H3,(H,28,30)/t18-,19?,21?/m1/s1. The lowest BCUT2D eigenvalue weighted by atomic mass is 10.0. The van der Waals surface area contributed by atoms with E-state index in [1.807, 2.05) is 24.0 Å². The fourth-order valence-electron chi connectivity index (χ4n) is 5.75. The number of nitrogens with zero attached hydrogens (tertiary/aromatic N) is 6. The highest BCUT2D eigenvalue weighted by Crippen LogP contribution is 2.39. The van der Waals surface area contributed by atoms with Crippen LogP contribution in [0.3, 0.4) is 0 Å². The van der Waals surface area contributed by atoms with E-state index in [9.17, 15) is 0 Å². The summed E-state index contributed by atoms with van der Waals surface area (Å²) >= 11 is 0. The Bertz CT molecular complexity index is 1250. The summed E-state index contributed by atoms with van der Waals surface area (Å²) in [5.41, 5.74) is 5.38. The molecule has 1 saturated heterocycles. The van der Waals surface area contributed by atoms with E-state index in [1.165, 1.54) is 37.2 Å². The molecule has 33 heavy (non-hydrogen) atoms. The van der Waals surface area contributed by atoms with Crippen LogP contribution < -0.4 is 5.32 Å². The van der Waals surface area contributed by atoms with Gasteiger partial charge in [0.25, 0.3) is 0 Å². The summed E-state index contributed by atoms with van der Waals surface area (Å²) in [6.07, 6.45) is 6.34. The van der Waals surface area contributed by atoms with E-state index < -0.39 is 0 Å². The van der Waals surface area contributed by atoms with Crippen molar-refractivity contribution in [1.82, 2.24) is 29.9 Å². The molecule has 1 aromatic carbocycles. The second-order valence-corrected chi connectivity index (χ2v) is 9.63. The first-order valence-electron chi connectivity index (χ1n) is 11.8. The monoisotopic (exact) mass is 439 g/mol. The highest BCUT2D eigenvalue weighted by molar-refractivity contribution is 5.88. The van der Waals surface area contributed by atoms with Crippen molar-refractivity contribution in [2.45, 2.75) is 32.4 Å². The van der Waals surface area contributed by atoms with Gasteiger partial charge >= 0.3 is 0 Å². The summed E-state index contributed by atoms with van der Waals surface area (Å²) in [4.78, 5) is 7.04. The Morgan fingerprint density at radius 1 is 1.00 bits per heavy atom. The van der Waals surface area contributed by atoms with Gasteiger partial charge in [0.1, 0.15) is 5.82 Å². The number of hydrogen-bond donors (Lipinski definition) is 1. The van der Waals surface area contributed by atoms with Crippen LogP contribution in [0, 0.1) is 18.8 Å². The molecule has 1 saturated carbocycles. The lowest BCUT2D eigenvalue weighted by molar-refractivity contribution is 0.297. The molecule has 0 spiro atoms. The zero-order valence-corrected chi connectivity index (χ0v) is 19.1. The number of hydrogen-bond acceptors (Lipinski definition) is 6. The number of likely N-dealkylation sites (tertiary alicyclic amines) is 1. The van der Waals surface area contributed by atoms with Gasteiger partial charge in [-0.05, 0) is 67.5 Å². The molecule has 2 unspecified atom stereocenters. The van der Waals surface area contributed by atoms with Crippen molar-refractivity contribution in [2.75, 3.05) is 18.4 Å². The van der Waals surface area contributed by atoms with Crippen LogP contribution in [0.2, 0.25) is 0 Å². The Labute approximate surface area is 193 Å². The molecule has 3 aromatic heterocycles. The number of pyridine rings is 1. The number of rotatable bonds is 5. The molecule has 1 N–H and O–H groups in total. The molecule has 3 atom stereocenters. The quantitative estimate of drug-likeness (QED) is 0.506. The molecule has 1 aliphatic carbocycles. The molecule has 0 radical (unpaired) electrons. The molecule has 1 aliphatic heterocycles. The normalized spacial score (nSPS) is 22.7. The Hall–Kier alpha value is -3.32. The predicted octanol–water partition coefficient (Wildman–Crippen LogP) is 4.06. The summed E-state index contributed by atoms with van der Waals surface area (Å²) in [6, 6.07) is 14.9. The summed E-state index contributed by atoms with van der Waals surface area (Å²) in [6.45, 7) is 5.42. The van der Waals surface area contributed by atoms with E-state index >= 15 is 0 Å². The first-order valence-corrected chi connectivity index (χ1v) is 11.8. The van der Waals surface area contributed by atoms with Crippen LogP contribution in [-0.2, 0) is 13.6 Å². The van der Waals surface area contributed by atoms with Gasteiger partial charge in [0.15, 0.2) is 0 Å².